The highest BCUT2D eigenvalue weighted by Crippen LogP contribution is 2.21. The van der Waals surface area contributed by atoms with Crippen molar-refractivity contribution in [1.29, 1.82) is 0 Å². The highest BCUT2D eigenvalue weighted by Gasteiger charge is 2.28. The van der Waals surface area contributed by atoms with Crippen LogP contribution in [0.15, 0.2) is 12.1 Å². The first-order chi connectivity index (χ1) is 8.06. The van der Waals surface area contributed by atoms with Crippen molar-refractivity contribution in [1.82, 2.24) is 10.3 Å². The van der Waals surface area contributed by atoms with E-state index in [-0.39, 0.29) is 17.5 Å². The van der Waals surface area contributed by atoms with E-state index in [2.05, 4.69) is 15.6 Å². The van der Waals surface area contributed by atoms with Gasteiger partial charge in [-0.05, 0) is 25.5 Å². The number of aromatic hydroxyl groups is 1. The van der Waals surface area contributed by atoms with E-state index in [1.165, 1.54) is 6.07 Å². The van der Waals surface area contributed by atoms with Crippen LogP contribution in [0.3, 0.4) is 0 Å². The van der Waals surface area contributed by atoms with E-state index in [9.17, 15) is 15.0 Å². The number of pyridine rings is 1. The molecule has 1 aliphatic heterocycles. The van der Waals surface area contributed by atoms with Crippen LogP contribution in [-0.4, -0.2) is 39.8 Å². The molecule has 4 N–H and O–H groups in total. The van der Waals surface area contributed by atoms with Gasteiger partial charge in [-0.25, -0.2) is 4.98 Å². The van der Waals surface area contributed by atoms with E-state index in [1.807, 2.05) is 0 Å². The molecule has 0 aliphatic carbocycles. The number of nitrogens with zero attached hydrogens (tertiary/aromatic N) is 1. The molecule has 2 atom stereocenters. The monoisotopic (exact) mass is 237 g/mol. The Balaban J connectivity index is 2.05. The number of nitrogens with one attached hydrogen (secondary N) is 2. The molecule has 6 nitrogen and oxygen atoms in total. The van der Waals surface area contributed by atoms with Crippen molar-refractivity contribution in [3.8, 4) is 5.75 Å². The Morgan fingerprint density at radius 3 is 3.00 bits per heavy atom. The van der Waals surface area contributed by atoms with Gasteiger partial charge in [0.2, 0.25) is 5.91 Å². The highest BCUT2D eigenvalue weighted by atomic mass is 16.3. The van der Waals surface area contributed by atoms with Gasteiger partial charge in [-0.2, -0.15) is 0 Å². The number of amides is 1. The second-order valence-electron chi connectivity index (χ2n) is 4.16. The minimum atomic E-state index is -0.496. The fraction of sp³-hybridized carbons (Fsp3) is 0.455. The number of aromatic nitrogens is 1. The van der Waals surface area contributed by atoms with Gasteiger partial charge in [-0.3, -0.25) is 4.79 Å². The predicted octanol–water partition coefficient (Wildman–Crippen LogP) is -0.243. The number of aliphatic hydroxyl groups is 1. The normalized spacial score (nSPS) is 23.6. The van der Waals surface area contributed by atoms with Crippen LogP contribution < -0.4 is 10.6 Å². The minimum absolute atomic E-state index is 0.0671. The smallest absolute Gasteiger partial charge is 0.242 e. The van der Waals surface area contributed by atoms with Gasteiger partial charge in [0.15, 0.2) is 11.6 Å². The van der Waals surface area contributed by atoms with Crippen LogP contribution in [0.5, 0.6) is 5.75 Å². The summed E-state index contributed by atoms with van der Waals surface area (Å²) in [5.41, 5.74) is 0.706. The molecule has 6 heteroatoms. The van der Waals surface area contributed by atoms with Crippen LogP contribution in [-0.2, 0) is 4.79 Å². The SMILES string of the molecule is Cc1ccc(O)c(NC(=O)C2CC(O)CN2)n1. The van der Waals surface area contributed by atoms with Crippen LogP contribution in [0.1, 0.15) is 12.1 Å². The first-order valence-electron chi connectivity index (χ1n) is 5.45. The van der Waals surface area contributed by atoms with Crippen LogP contribution in [0.4, 0.5) is 5.82 Å². The zero-order chi connectivity index (χ0) is 12.4. The van der Waals surface area contributed by atoms with E-state index in [0.29, 0.717) is 18.7 Å². The number of rotatable bonds is 2. The Morgan fingerprint density at radius 2 is 2.35 bits per heavy atom. The third-order valence-electron chi connectivity index (χ3n) is 2.68. The van der Waals surface area contributed by atoms with Crippen LogP contribution in [0.2, 0.25) is 0 Å². The fourth-order valence-electron chi connectivity index (χ4n) is 1.76. The molecule has 92 valence electrons. The zero-order valence-electron chi connectivity index (χ0n) is 9.47. The summed E-state index contributed by atoms with van der Waals surface area (Å²) in [6, 6.07) is 2.70. The van der Waals surface area contributed by atoms with Crippen molar-refractivity contribution < 1.29 is 15.0 Å². The molecule has 0 aromatic carbocycles. The average Bonchev–Trinajstić information content (AvgIpc) is 2.70. The Bertz CT molecular complexity index is 436. The van der Waals surface area contributed by atoms with Gasteiger partial charge in [0.05, 0.1) is 12.1 Å². The number of anilines is 1. The lowest BCUT2D eigenvalue weighted by atomic mass is 10.2. The van der Waals surface area contributed by atoms with Crippen molar-refractivity contribution in [2.24, 2.45) is 0 Å². The molecule has 0 saturated carbocycles. The van der Waals surface area contributed by atoms with Crippen molar-refractivity contribution in [2.45, 2.75) is 25.5 Å². The molecular formula is C11H15N3O3. The molecule has 1 aromatic heterocycles. The molecule has 1 aromatic rings. The van der Waals surface area contributed by atoms with Gasteiger partial charge < -0.3 is 20.8 Å². The first kappa shape index (κ1) is 11.8. The maximum atomic E-state index is 11.8. The summed E-state index contributed by atoms with van der Waals surface area (Å²) >= 11 is 0. The number of aryl methyl sites for hydroxylation is 1. The first-order valence-corrected chi connectivity index (χ1v) is 5.45. The molecule has 1 aliphatic rings. The van der Waals surface area contributed by atoms with E-state index in [4.69, 9.17) is 0 Å². The summed E-state index contributed by atoms with van der Waals surface area (Å²) in [5, 5.41) is 24.3. The van der Waals surface area contributed by atoms with E-state index >= 15 is 0 Å². The average molecular weight is 237 g/mol. The van der Waals surface area contributed by atoms with Crippen molar-refractivity contribution in [3.05, 3.63) is 17.8 Å². The summed E-state index contributed by atoms with van der Waals surface area (Å²) in [4.78, 5) is 15.8. The summed E-state index contributed by atoms with van der Waals surface area (Å²) in [7, 11) is 0. The number of hydrogen-bond acceptors (Lipinski definition) is 5. The predicted molar refractivity (Wildman–Crippen MR) is 61.7 cm³/mol. The third kappa shape index (κ3) is 2.72. The summed E-state index contributed by atoms with van der Waals surface area (Å²) in [5.74, 6) is -0.212. The van der Waals surface area contributed by atoms with E-state index in [0.717, 1.165) is 0 Å². The summed E-state index contributed by atoms with van der Waals surface area (Å²) < 4.78 is 0. The molecule has 17 heavy (non-hydrogen) atoms. The quantitative estimate of drug-likeness (QED) is 0.569. The fourth-order valence-corrected chi connectivity index (χ4v) is 1.76. The van der Waals surface area contributed by atoms with Crippen LogP contribution in [0, 0.1) is 6.92 Å². The number of carbonyl (C=O) groups is 1. The molecule has 1 saturated heterocycles. The lowest BCUT2D eigenvalue weighted by Crippen LogP contribution is -2.35. The second kappa shape index (κ2) is 4.68. The topological polar surface area (TPSA) is 94.5 Å². The molecule has 2 rings (SSSR count). The largest absolute Gasteiger partial charge is 0.504 e. The summed E-state index contributed by atoms with van der Waals surface area (Å²) in [6.07, 6.45) is -0.122. The Hall–Kier alpha value is -1.66. The van der Waals surface area contributed by atoms with Gasteiger partial charge >= 0.3 is 0 Å². The lowest BCUT2D eigenvalue weighted by Gasteiger charge is -2.11. The van der Waals surface area contributed by atoms with Gasteiger partial charge in [-0.15, -0.1) is 0 Å². The maximum Gasteiger partial charge on any atom is 0.242 e. The molecule has 2 unspecified atom stereocenters. The number of aliphatic hydroxyl groups excluding tert-OH is 1. The Kier molecular flexibility index (Phi) is 3.26. The molecule has 1 fully saturated rings. The molecule has 2 heterocycles. The third-order valence-corrected chi connectivity index (χ3v) is 2.68. The highest BCUT2D eigenvalue weighted by molar-refractivity contribution is 5.95. The number of hydrogen-bond donors (Lipinski definition) is 4. The van der Waals surface area contributed by atoms with Crippen LogP contribution >= 0.6 is 0 Å². The molecule has 0 radical (unpaired) electrons. The molecular weight excluding hydrogens is 222 g/mol. The maximum absolute atomic E-state index is 11.8. The van der Waals surface area contributed by atoms with Gasteiger partial charge in [0.25, 0.3) is 0 Å². The van der Waals surface area contributed by atoms with Gasteiger partial charge in [0, 0.05) is 12.2 Å². The molecule has 1 amide bonds. The van der Waals surface area contributed by atoms with Crippen molar-refractivity contribution in [3.63, 3.8) is 0 Å². The van der Waals surface area contributed by atoms with Crippen LogP contribution in [0.25, 0.3) is 0 Å². The Morgan fingerprint density at radius 1 is 1.59 bits per heavy atom. The number of β-amino-alcohol motifs (C(OH)–C–C–N with tert-alkyl or cyclic N) is 1. The minimum Gasteiger partial charge on any atom is -0.504 e. The second-order valence-corrected chi connectivity index (χ2v) is 4.16. The van der Waals surface area contributed by atoms with E-state index < -0.39 is 12.1 Å². The Labute approximate surface area is 98.7 Å². The van der Waals surface area contributed by atoms with Crippen molar-refractivity contribution >= 4 is 11.7 Å². The molecule has 0 spiro atoms. The molecule has 0 bridgehead atoms. The lowest BCUT2D eigenvalue weighted by molar-refractivity contribution is -0.118. The standard InChI is InChI=1S/C11H15N3O3/c1-6-2-3-9(16)10(13-6)14-11(17)8-4-7(15)5-12-8/h2-3,7-8,12,15-16H,4-5H2,1H3,(H,13,14,17). The van der Waals surface area contributed by atoms with Gasteiger partial charge in [0.1, 0.15) is 0 Å². The van der Waals surface area contributed by atoms with Crippen molar-refractivity contribution in [2.75, 3.05) is 11.9 Å². The van der Waals surface area contributed by atoms with E-state index in [1.54, 1.807) is 13.0 Å². The number of carbonyl (C=O) groups excluding carboxylic acids is 1. The summed E-state index contributed by atoms with van der Waals surface area (Å²) in [6.45, 7) is 2.18. The van der Waals surface area contributed by atoms with Gasteiger partial charge in [-0.1, -0.05) is 0 Å². The zero-order valence-corrected chi connectivity index (χ0v) is 9.47.